The first kappa shape index (κ1) is 30.7. The predicted octanol–water partition coefficient (Wildman–Crippen LogP) is 3.25. The molecule has 5 heterocycles. The van der Waals surface area contributed by atoms with Crippen molar-refractivity contribution < 1.29 is 24.5 Å². The summed E-state index contributed by atoms with van der Waals surface area (Å²) in [4.78, 5) is 37.5. The number of carboxylic acids is 2. The van der Waals surface area contributed by atoms with Crippen molar-refractivity contribution in [2.24, 2.45) is 0 Å². The van der Waals surface area contributed by atoms with E-state index in [1.54, 1.807) is 7.11 Å². The van der Waals surface area contributed by atoms with Gasteiger partial charge in [-0.2, -0.15) is 0 Å². The second kappa shape index (κ2) is 12.1. The number of aromatic amines is 4. The fourth-order valence-corrected chi connectivity index (χ4v) is 6.31. The van der Waals surface area contributed by atoms with Crippen LogP contribution in [0, 0.1) is 27.7 Å². The summed E-state index contributed by atoms with van der Waals surface area (Å²) in [5.41, 5.74) is 11.4. The molecule has 4 aromatic heterocycles. The Kier molecular flexibility index (Phi) is 8.43. The third kappa shape index (κ3) is 5.63. The molecule has 5 rings (SSSR count). The molecule has 4 aromatic rings. The van der Waals surface area contributed by atoms with Crippen molar-refractivity contribution in [3.8, 4) is 0 Å². The average Bonchev–Trinajstić information content (AvgIpc) is 3.63. The highest BCUT2D eigenvalue weighted by Crippen LogP contribution is 2.28. The Hall–Kier alpha value is -4.76. The van der Waals surface area contributed by atoms with Gasteiger partial charge in [-0.05, 0) is 105 Å². The number of carbonyl (C=O) groups is 2. The summed E-state index contributed by atoms with van der Waals surface area (Å²) < 4.78 is 5.78. The van der Waals surface area contributed by atoms with Crippen molar-refractivity contribution in [1.29, 1.82) is 0 Å². The van der Waals surface area contributed by atoms with Crippen LogP contribution in [0.3, 0.4) is 0 Å². The quantitative estimate of drug-likeness (QED) is 0.155. The summed E-state index contributed by atoms with van der Waals surface area (Å²) >= 11 is 0. The third-order valence-electron chi connectivity index (χ3n) is 8.93. The van der Waals surface area contributed by atoms with E-state index in [4.69, 9.17) is 4.74 Å². The normalized spacial score (nSPS) is 13.0. The predicted molar refractivity (Wildman–Crippen MR) is 172 cm³/mol. The van der Waals surface area contributed by atoms with Gasteiger partial charge in [0.2, 0.25) is 0 Å². The monoisotopic (exact) mass is 596 g/mol. The van der Waals surface area contributed by atoms with Crippen molar-refractivity contribution in [1.82, 2.24) is 19.9 Å². The van der Waals surface area contributed by atoms with Crippen LogP contribution in [0.1, 0.15) is 93.2 Å². The lowest BCUT2D eigenvalue weighted by molar-refractivity contribution is -0.138. The van der Waals surface area contributed by atoms with Crippen molar-refractivity contribution in [3.05, 3.63) is 95.3 Å². The number of methoxy groups -OCH3 is 1. The largest absolute Gasteiger partial charge is 0.481 e. The van der Waals surface area contributed by atoms with Gasteiger partial charge in [0, 0.05) is 75.3 Å². The molecular weight excluding hydrogens is 556 g/mol. The minimum atomic E-state index is -0.869. The van der Waals surface area contributed by atoms with Gasteiger partial charge in [0.15, 0.2) is 0 Å². The van der Waals surface area contributed by atoms with Gasteiger partial charge in [-0.3, -0.25) is 9.59 Å². The van der Waals surface area contributed by atoms with E-state index < -0.39 is 11.9 Å². The van der Waals surface area contributed by atoms with E-state index in [1.807, 2.05) is 32.9 Å². The second-order valence-electron chi connectivity index (χ2n) is 11.5. The molecule has 9 nitrogen and oxygen atoms in total. The minimum absolute atomic E-state index is 0.0103. The lowest BCUT2D eigenvalue weighted by Crippen LogP contribution is -2.14. The Morgan fingerprint density at radius 2 is 1.25 bits per heavy atom. The first-order valence-electron chi connectivity index (χ1n) is 14.8. The Labute approximate surface area is 255 Å². The average molecular weight is 597 g/mol. The van der Waals surface area contributed by atoms with Crippen molar-refractivity contribution >= 4 is 42.3 Å². The Bertz CT molecular complexity index is 2050. The van der Waals surface area contributed by atoms with Crippen LogP contribution in [0.15, 0.2) is 6.58 Å². The first-order valence-corrected chi connectivity index (χ1v) is 14.8. The number of rotatable bonds is 9. The highest BCUT2D eigenvalue weighted by atomic mass is 16.5. The number of ether oxygens (including phenoxy) is 1. The van der Waals surface area contributed by atoms with E-state index in [9.17, 15) is 19.8 Å². The van der Waals surface area contributed by atoms with Crippen LogP contribution in [-0.4, -0.2) is 49.2 Å². The van der Waals surface area contributed by atoms with Crippen LogP contribution in [-0.2, 0) is 27.2 Å². The van der Waals surface area contributed by atoms with Crippen LogP contribution >= 0.6 is 0 Å². The summed E-state index contributed by atoms with van der Waals surface area (Å²) in [6, 6.07) is 0. The molecule has 0 spiro atoms. The second-order valence-corrected chi connectivity index (χ2v) is 11.5. The Morgan fingerprint density at radius 3 is 1.89 bits per heavy atom. The fourth-order valence-electron chi connectivity index (χ4n) is 6.31. The van der Waals surface area contributed by atoms with Crippen molar-refractivity contribution in [2.45, 2.75) is 66.4 Å². The fraction of sp³-hybridized carbons (Fsp3) is 0.314. The number of aliphatic carboxylic acids is 2. The summed E-state index contributed by atoms with van der Waals surface area (Å²) in [6.45, 7) is 14.2. The number of hydrogen-bond acceptors (Lipinski definition) is 3. The summed E-state index contributed by atoms with van der Waals surface area (Å²) in [7, 11) is 1.69. The van der Waals surface area contributed by atoms with E-state index in [1.165, 1.54) is 0 Å². The molecule has 0 unspecified atom stereocenters. The molecule has 1 atom stereocenters. The van der Waals surface area contributed by atoms with Gasteiger partial charge in [-0.25, -0.2) is 0 Å². The third-order valence-corrected chi connectivity index (χ3v) is 8.93. The lowest BCUT2D eigenvalue weighted by atomic mass is 10.0. The zero-order chi connectivity index (χ0) is 31.9. The van der Waals surface area contributed by atoms with E-state index in [-0.39, 0.29) is 18.9 Å². The zero-order valence-corrected chi connectivity index (χ0v) is 26.1. The van der Waals surface area contributed by atoms with Crippen LogP contribution in [0.2, 0.25) is 0 Å². The van der Waals surface area contributed by atoms with E-state index >= 15 is 0 Å². The molecule has 9 heteroatoms. The van der Waals surface area contributed by atoms with Gasteiger partial charge < -0.3 is 34.9 Å². The zero-order valence-electron chi connectivity index (χ0n) is 26.1. The van der Waals surface area contributed by atoms with Crippen molar-refractivity contribution in [3.63, 3.8) is 0 Å². The molecule has 44 heavy (non-hydrogen) atoms. The summed E-state index contributed by atoms with van der Waals surface area (Å²) in [5, 5.41) is 22.5. The van der Waals surface area contributed by atoms with Crippen molar-refractivity contribution in [2.75, 3.05) is 7.11 Å². The molecule has 0 radical (unpaired) electrons. The van der Waals surface area contributed by atoms with E-state index in [2.05, 4.69) is 58.6 Å². The number of aromatic nitrogens is 4. The Morgan fingerprint density at radius 1 is 0.727 bits per heavy atom. The highest BCUT2D eigenvalue weighted by molar-refractivity contribution is 5.70. The molecule has 1 aliphatic rings. The Balaban J connectivity index is 1.93. The van der Waals surface area contributed by atoms with Gasteiger partial charge >= 0.3 is 11.9 Å². The maximum atomic E-state index is 11.6. The standard InChI is InChI=1S/C35H40N4O5/c1-8-22-17(2)25-13-26-18(3)23(9-11-33(40)41)30(37-26)16-31-24(10-12-34(42)43)19(4)27(38-31)15-32-35(21(6)44-7)20(5)28(39-32)14-29(22)36-25/h8,13-16,21,36-39H,1,9-12H2,2-7H3,(H,40,41)(H,42,43)/t21-/m1/s1. The van der Waals surface area contributed by atoms with Crippen LogP contribution in [0.4, 0.5) is 0 Å². The number of H-pyrrole nitrogens is 4. The molecule has 0 saturated heterocycles. The lowest BCUT2D eigenvalue weighted by Gasteiger charge is -2.11. The SMILES string of the molecule is C=Cc1c(C)c2[nH]c1=Cc1[nH]c(c([C@@H](C)OC)c1C)C=c1[nH]c(c(CCC(=O)O)c1C)=Cc1[nH]c(c(C)c1CCC(=O)O)C=2. The molecule has 0 saturated carbocycles. The summed E-state index contributed by atoms with van der Waals surface area (Å²) in [6.07, 6.45) is 10.5. The summed E-state index contributed by atoms with van der Waals surface area (Å²) in [5.74, 6) is -1.74. The molecule has 6 N–H and O–H groups in total. The van der Waals surface area contributed by atoms with Gasteiger partial charge in [0.1, 0.15) is 0 Å². The van der Waals surface area contributed by atoms with Gasteiger partial charge in [0.25, 0.3) is 0 Å². The van der Waals surface area contributed by atoms with E-state index in [0.717, 1.165) is 88.7 Å². The first-order chi connectivity index (χ1) is 20.9. The van der Waals surface area contributed by atoms with E-state index in [0.29, 0.717) is 12.8 Å². The number of hydrogen-bond donors (Lipinski definition) is 6. The van der Waals surface area contributed by atoms with Gasteiger partial charge in [-0.15, -0.1) is 0 Å². The minimum Gasteiger partial charge on any atom is -0.481 e. The number of fused-ring (bicyclic) bond motifs is 8. The smallest absolute Gasteiger partial charge is 0.303 e. The topological polar surface area (TPSA) is 147 Å². The molecule has 1 aliphatic heterocycles. The highest BCUT2D eigenvalue weighted by Gasteiger charge is 2.20. The van der Waals surface area contributed by atoms with Crippen LogP contribution < -0.4 is 21.4 Å². The molecule has 0 aromatic carbocycles. The molecule has 0 fully saturated rings. The number of nitrogens with one attached hydrogen (secondary N) is 4. The molecule has 0 amide bonds. The maximum absolute atomic E-state index is 11.6. The maximum Gasteiger partial charge on any atom is 0.303 e. The molecule has 230 valence electrons. The van der Waals surface area contributed by atoms with Crippen LogP contribution in [0.25, 0.3) is 30.4 Å². The van der Waals surface area contributed by atoms with Crippen LogP contribution in [0.5, 0.6) is 0 Å². The van der Waals surface area contributed by atoms with Gasteiger partial charge in [0.05, 0.1) is 6.10 Å². The molecular formula is C35H40N4O5. The molecule has 0 aliphatic carbocycles. The molecule has 8 bridgehead atoms. The number of carboxylic acid groups (broad SMARTS) is 2. The van der Waals surface area contributed by atoms with Gasteiger partial charge in [-0.1, -0.05) is 12.7 Å².